The van der Waals surface area contributed by atoms with E-state index in [-0.39, 0.29) is 17.8 Å². The molecule has 0 radical (unpaired) electrons. The van der Waals surface area contributed by atoms with Gasteiger partial charge in [-0.1, -0.05) is 0 Å². The molecule has 3 heterocycles. The van der Waals surface area contributed by atoms with Crippen LogP contribution >= 0.6 is 0 Å². The van der Waals surface area contributed by atoms with Crippen LogP contribution in [-0.4, -0.2) is 53.2 Å². The molecule has 1 saturated heterocycles. The number of rotatable bonds is 4. The number of hydrogen-bond donors (Lipinski definition) is 1. The van der Waals surface area contributed by atoms with Gasteiger partial charge in [0.25, 0.3) is 5.91 Å². The first-order valence-corrected chi connectivity index (χ1v) is 12.8. The zero-order chi connectivity index (χ0) is 26.7. The number of methoxy groups -OCH3 is 1. The second-order valence-electron chi connectivity index (χ2n) is 10.3. The fourth-order valence-electron chi connectivity index (χ4n) is 5.67. The molecule has 1 spiro atoms. The molecule has 7 nitrogen and oxygen atoms in total. The number of alkyl halides is 3. The summed E-state index contributed by atoms with van der Waals surface area (Å²) in [5, 5.41) is 12.5. The van der Waals surface area contributed by atoms with Crippen molar-refractivity contribution >= 4 is 17.4 Å². The van der Waals surface area contributed by atoms with Gasteiger partial charge in [-0.3, -0.25) is 10.2 Å². The number of carbonyl (C=O) groups is 1. The third-order valence-electron chi connectivity index (χ3n) is 7.89. The molecule has 2 fully saturated rings. The van der Waals surface area contributed by atoms with E-state index in [0.29, 0.717) is 35.8 Å². The zero-order valence-electron chi connectivity index (χ0n) is 21.0. The largest absolute Gasteiger partial charge is 0.497 e. The molecule has 1 N–H and O–H groups in total. The molecule has 1 aliphatic carbocycles. The van der Waals surface area contributed by atoms with Gasteiger partial charge in [0, 0.05) is 41.9 Å². The predicted molar refractivity (Wildman–Crippen MR) is 136 cm³/mol. The molecular weight excluding hydrogens is 495 g/mol. The fraction of sp³-hybridized carbons (Fsp3) is 0.393. The number of benzene rings is 2. The van der Waals surface area contributed by atoms with Crippen LogP contribution in [0.15, 0.2) is 48.5 Å². The number of halogens is 3. The Hall–Kier alpha value is -3.82. The highest BCUT2D eigenvalue weighted by Gasteiger charge is 2.58. The lowest BCUT2D eigenvalue weighted by atomic mass is 9.88. The molecule has 3 aromatic rings. The Balaban J connectivity index is 1.39. The molecule has 10 heteroatoms. The normalized spacial score (nSPS) is 18.5. The Kier molecular flexibility index (Phi) is 5.73. The second kappa shape index (κ2) is 8.89. The number of piperidine rings is 1. The smallest absolute Gasteiger partial charge is 0.435 e. The molecule has 6 rings (SSSR count). The molecule has 0 bridgehead atoms. The molecule has 1 saturated carbocycles. The van der Waals surface area contributed by atoms with E-state index in [4.69, 9.17) is 10.1 Å². The van der Waals surface area contributed by atoms with E-state index < -0.39 is 23.2 Å². The Bertz CT molecular complexity index is 1390. The Morgan fingerprint density at radius 3 is 2.18 bits per heavy atom. The lowest BCUT2D eigenvalue weighted by Gasteiger charge is -2.34. The number of hydrogen-bond acceptors (Lipinski definition) is 4. The van der Waals surface area contributed by atoms with Gasteiger partial charge >= 0.3 is 6.18 Å². The summed E-state index contributed by atoms with van der Waals surface area (Å²) in [5.41, 5.74) is -0.101. The lowest BCUT2D eigenvalue weighted by Crippen LogP contribution is -2.44. The quantitative estimate of drug-likeness (QED) is 0.367. The maximum absolute atomic E-state index is 14.2. The molecule has 0 unspecified atom stereocenters. The van der Waals surface area contributed by atoms with E-state index in [1.807, 2.05) is 12.1 Å². The third-order valence-corrected chi connectivity index (χ3v) is 7.89. The third kappa shape index (κ3) is 4.02. The minimum atomic E-state index is -4.68. The van der Waals surface area contributed by atoms with Crippen LogP contribution in [0.4, 0.5) is 18.9 Å². The summed E-state index contributed by atoms with van der Waals surface area (Å²) in [5.74, 6) is 0.484. The predicted octanol–water partition coefficient (Wildman–Crippen LogP) is 5.40. The van der Waals surface area contributed by atoms with E-state index >= 15 is 0 Å². The maximum Gasteiger partial charge on any atom is 0.435 e. The van der Waals surface area contributed by atoms with E-state index in [9.17, 15) is 18.0 Å². The van der Waals surface area contributed by atoms with Crippen molar-refractivity contribution in [2.75, 3.05) is 31.6 Å². The SMILES string of the molecule is COc1ccc(-n2nc(C(F)(F)F)c3c2C(=O)N(c2ccc(C(=N)N4CCCCC4)cc2)CC32CC2)cc1. The van der Waals surface area contributed by atoms with Gasteiger partial charge in [0.15, 0.2) is 5.69 Å². The summed E-state index contributed by atoms with van der Waals surface area (Å²) < 4.78 is 48.8. The number of nitrogens with one attached hydrogen (secondary N) is 1. The highest BCUT2D eigenvalue weighted by molar-refractivity contribution is 6.09. The standard InChI is InChI=1S/C28H28F3N5O2/c1-38-21-11-9-20(10-12-21)36-23-22(24(33-36)28(29,30)31)27(13-14-27)17-35(26(23)37)19-7-5-18(6-8-19)25(32)34-15-3-2-4-16-34/h5-12,32H,2-4,13-17H2,1H3. The van der Waals surface area contributed by atoms with Crippen molar-refractivity contribution in [3.63, 3.8) is 0 Å². The van der Waals surface area contributed by atoms with Crippen molar-refractivity contribution in [3.05, 3.63) is 71.0 Å². The highest BCUT2D eigenvalue weighted by Crippen LogP contribution is 2.56. The van der Waals surface area contributed by atoms with Crippen LogP contribution in [0.1, 0.15) is 59.4 Å². The van der Waals surface area contributed by atoms with Crippen LogP contribution < -0.4 is 9.64 Å². The van der Waals surface area contributed by atoms with Crippen molar-refractivity contribution in [1.82, 2.24) is 14.7 Å². The number of nitrogens with zero attached hydrogens (tertiary/aromatic N) is 4. The molecule has 1 amide bonds. The number of carbonyl (C=O) groups excluding carboxylic acids is 1. The van der Waals surface area contributed by atoms with Crippen molar-refractivity contribution < 1.29 is 22.7 Å². The van der Waals surface area contributed by atoms with Gasteiger partial charge in [-0.25, -0.2) is 4.68 Å². The molecule has 2 aromatic carbocycles. The first-order valence-electron chi connectivity index (χ1n) is 12.8. The minimum absolute atomic E-state index is 0.00515. The molecule has 3 aliphatic rings. The number of amidine groups is 1. The Labute approximate surface area is 218 Å². The van der Waals surface area contributed by atoms with E-state index in [2.05, 4.69) is 10.00 Å². The number of likely N-dealkylation sites (tertiary alicyclic amines) is 1. The topological polar surface area (TPSA) is 74.5 Å². The van der Waals surface area contributed by atoms with E-state index in [1.165, 1.54) is 13.5 Å². The highest BCUT2D eigenvalue weighted by atomic mass is 19.4. The Morgan fingerprint density at radius 2 is 1.61 bits per heavy atom. The van der Waals surface area contributed by atoms with Crippen LogP contribution in [0, 0.1) is 5.41 Å². The first-order chi connectivity index (χ1) is 18.2. The molecular formula is C28H28F3N5O2. The molecule has 198 valence electrons. The number of aromatic nitrogens is 2. The summed E-state index contributed by atoms with van der Waals surface area (Å²) in [6.45, 7) is 1.87. The summed E-state index contributed by atoms with van der Waals surface area (Å²) in [7, 11) is 1.50. The Morgan fingerprint density at radius 1 is 0.974 bits per heavy atom. The average molecular weight is 524 g/mol. The number of anilines is 1. The van der Waals surface area contributed by atoms with Gasteiger partial charge in [-0.05, 0) is 80.6 Å². The monoisotopic (exact) mass is 523 g/mol. The van der Waals surface area contributed by atoms with E-state index in [0.717, 1.165) is 36.2 Å². The summed E-state index contributed by atoms with van der Waals surface area (Å²) in [4.78, 5) is 17.5. The van der Waals surface area contributed by atoms with Gasteiger partial charge in [-0.15, -0.1) is 0 Å². The number of ether oxygens (including phenoxy) is 1. The first kappa shape index (κ1) is 24.5. The number of fused-ring (bicyclic) bond motifs is 2. The summed E-state index contributed by atoms with van der Waals surface area (Å²) in [6, 6.07) is 13.7. The van der Waals surface area contributed by atoms with Crippen molar-refractivity contribution in [2.24, 2.45) is 0 Å². The molecule has 2 aliphatic heterocycles. The van der Waals surface area contributed by atoms with Crippen LogP contribution in [0.5, 0.6) is 5.75 Å². The second-order valence-corrected chi connectivity index (χ2v) is 10.3. The van der Waals surface area contributed by atoms with Crippen molar-refractivity contribution in [1.29, 1.82) is 5.41 Å². The van der Waals surface area contributed by atoms with Crippen LogP contribution in [0.25, 0.3) is 5.69 Å². The summed E-state index contributed by atoms with van der Waals surface area (Å²) in [6.07, 6.45) is -0.273. The molecule has 1 aromatic heterocycles. The van der Waals surface area contributed by atoms with Gasteiger partial charge in [0.05, 0.1) is 12.8 Å². The van der Waals surface area contributed by atoms with Crippen molar-refractivity contribution in [3.8, 4) is 11.4 Å². The average Bonchev–Trinajstić information content (AvgIpc) is 3.57. The molecule has 38 heavy (non-hydrogen) atoms. The van der Waals surface area contributed by atoms with Gasteiger partial charge in [-0.2, -0.15) is 18.3 Å². The van der Waals surface area contributed by atoms with Gasteiger partial charge in [0.1, 0.15) is 17.3 Å². The van der Waals surface area contributed by atoms with Crippen LogP contribution in [0.3, 0.4) is 0 Å². The van der Waals surface area contributed by atoms with Crippen LogP contribution in [0.2, 0.25) is 0 Å². The zero-order valence-corrected chi connectivity index (χ0v) is 21.0. The molecule has 0 atom stereocenters. The number of amides is 1. The van der Waals surface area contributed by atoms with E-state index in [1.54, 1.807) is 41.3 Å². The maximum atomic E-state index is 14.2. The summed E-state index contributed by atoms with van der Waals surface area (Å²) >= 11 is 0. The van der Waals surface area contributed by atoms with Gasteiger partial charge in [0.2, 0.25) is 0 Å². The van der Waals surface area contributed by atoms with Gasteiger partial charge < -0.3 is 14.5 Å². The van der Waals surface area contributed by atoms with Crippen molar-refractivity contribution in [2.45, 2.75) is 43.7 Å². The van der Waals surface area contributed by atoms with Crippen LogP contribution in [-0.2, 0) is 11.6 Å². The lowest BCUT2D eigenvalue weighted by molar-refractivity contribution is -0.142. The fourth-order valence-corrected chi connectivity index (χ4v) is 5.67. The minimum Gasteiger partial charge on any atom is -0.497 e.